The molecule has 0 aliphatic heterocycles. The van der Waals surface area contributed by atoms with E-state index < -0.39 is 0 Å². The first-order valence-electron chi connectivity index (χ1n) is 7.50. The van der Waals surface area contributed by atoms with Crippen LogP contribution in [0.15, 0.2) is 46.2 Å². The summed E-state index contributed by atoms with van der Waals surface area (Å²) in [4.78, 5) is 8.10. The maximum absolute atomic E-state index is 13.4. The van der Waals surface area contributed by atoms with Crippen molar-refractivity contribution in [3.8, 4) is 11.5 Å². The first-order chi connectivity index (χ1) is 11.0. The standard InChI is InChI=1S/C18H19FN2OS/c1-12(17-8-5-9-23-17)21(3)11-16-13(2)22-18(20-16)14-6-4-7-15(19)10-14/h4-10,12H,11H2,1-3H3/t12-/m1/s1. The van der Waals surface area contributed by atoms with Crippen molar-refractivity contribution in [1.29, 1.82) is 0 Å². The highest BCUT2D eigenvalue weighted by Crippen LogP contribution is 2.27. The van der Waals surface area contributed by atoms with Crippen LogP contribution in [0.25, 0.3) is 11.5 Å². The minimum Gasteiger partial charge on any atom is -0.441 e. The van der Waals surface area contributed by atoms with Crippen molar-refractivity contribution in [3.05, 3.63) is 63.9 Å². The minimum atomic E-state index is -0.289. The van der Waals surface area contributed by atoms with E-state index in [1.54, 1.807) is 23.5 Å². The SMILES string of the molecule is Cc1oc(-c2cccc(F)c2)nc1CN(C)[C@H](C)c1cccs1. The van der Waals surface area contributed by atoms with Crippen LogP contribution in [0.3, 0.4) is 0 Å². The van der Waals surface area contributed by atoms with Gasteiger partial charge in [-0.05, 0) is 50.5 Å². The van der Waals surface area contributed by atoms with Gasteiger partial charge < -0.3 is 4.42 Å². The Morgan fingerprint density at radius 3 is 2.83 bits per heavy atom. The predicted molar refractivity (Wildman–Crippen MR) is 90.8 cm³/mol. The molecule has 3 rings (SSSR count). The molecule has 0 radical (unpaired) electrons. The van der Waals surface area contributed by atoms with Crippen LogP contribution in [0.1, 0.15) is 29.3 Å². The molecular formula is C18H19FN2OS. The molecule has 0 aliphatic carbocycles. The molecule has 3 aromatic rings. The molecule has 2 heterocycles. The van der Waals surface area contributed by atoms with Crippen LogP contribution in [0.2, 0.25) is 0 Å². The van der Waals surface area contributed by atoms with Gasteiger partial charge in [-0.3, -0.25) is 4.90 Å². The van der Waals surface area contributed by atoms with Gasteiger partial charge >= 0.3 is 0 Å². The quantitative estimate of drug-likeness (QED) is 0.656. The second kappa shape index (κ2) is 6.64. The van der Waals surface area contributed by atoms with Gasteiger partial charge in [-0.1, -0.05) is 12.1 Å². The second-order valence-electron chi connectivity index (χ2n) is 5.64. The summed E-state index contributed by atoms with van der Waals surface area (Å²) in [5.41, 5.74) is 1.54. The van der Waals surface area contributed by atoms with Crippen molar-refractivity contribution >= 4 is 11.3 Å². The Kier molecular flexibility index (Phi) is 4.59. The highest BCUT2D eigenvalue weighted by Gasteiger charge is 2.18. The van der Waals surface area contributed by atoms with Gasteiger partial charge in [0.15, 0.2) is 0 Å². The summed E-state index contributed by atoms with van der Waals surface area (Å²) < 4.78 is 19.1. The highest BCUT2D eigenvalue weighted by atomic mass is 32.1. The Bertz CT molecular complexity index is 782. The smallest absolute Gasteiger partial charge is 0.226 e. The topological polar surface area (TPSA) is 29.3 Å². The van der Waals surface area contributed by atoms with Gasteiger partial charge in [0.2, 0.25) is 5.89 Å². The minimum absolute atomic E-state index is 0.289. The van der Waals surface area contributed by atoms with Crippen LogP contribution in [0.4, 0.5) is 4.39 Å². The normalized spacial score (nSPS) is 12.7. The summed E-state index contributed by atoms with van der Waals surface area (Å²) in [6, 6.07) is 10.8. The summed E-state index contributed by atoms with van der Waals surface area (Å²) in [5, 5.41) is 2.09. The molecule has 120 valence electrons. The van der Waals surface area contributed by atoms with Crippen molar-refractivity contribution < 1.29 is 8.81 Å². The van der Waals surface area contributed by atoms with Gasteiger partial charge in [0.05, 0.1) is 5.69 Å². The predicted octanol–water partition coefficient (Wildman–Crippen LogP) is 5.04. The molecule has 0 unspecified atom stereocenters. The monoisotopic (exact) mass is 330 g/mol. The van der Waals surface area contributed by atoms with Gasteiger partial charge in [-0.25, -0.2) is 9.37 Å². The maximum atomic E-state index is 13.4. The second-order valence-corrected chi connectivity index (χ2v) is 6.62. The van der Waals surface area contributed by atoms with Crippen LogP contribution >= 0.6 is 11.3 Å². The summed E-state index contributed by atoms with van der Waals surface area (Å²) >= 11 is 1.75. The lowest BCUT2D eigenvalue weighted by atomic mass is 10.2. The fraction of sp³-hybridized carbons (Fsp3) is 0.278. The van der Waals surface area contributed by atoms with Crippen LogP contribution in [0, 0.1) is 12.7 Å². The zero-order valence-corrected chi connectivity index (χ0v) is 14.2. The number of hydrogen-bond acceptors (Lipinski definition) is 4. The lowest BCUT2D eigenvalue weighted by Gasteiger charge is -2.22. The van der Waals surface area contributed by atoms with E-state index in [2.05, 4.69) is 41.4 Å². The first kappa shape index (κ1) is 15.9. The molecule has 0 saturated heterocycles. The molecule has 23 heavy (non-hydrogen) atoms. The van der Waals surface area contributed by atoms with Gasteiger partial charge in [-0.15, -0.1) is 11.3 Å². The van der Waals surface area contributed by atoms with Gasteiger partial charge in [0, 0.05) is 23.0 Å². The van der Waals surface area contributed by atoms with Crippen LogP contribution in [-0.4, -0.2) is 16.9 Å². The van der Waals surface area contributed by atoms with Crippen LogP contribution in [0.5, 0.6) is 0 Å². The van der Waals surface area contributed by atoms with Crippen molar-refractivity contribution in [2.24, 2.45) is 0 Å². The Hall–Kier alpha value is -1.98. The number of aromatic nitrogens is 1. The first-order valence-corrected chi connectivity index (χ1v) is 8.38. The number of benzene rings is 1. The number of aryl methyl sites for hydroxylation is 1. The van der Waals surface area contributed by atoms with E-state index >= 15 is 0 Å². The number of halogens is 1. The van der Waals surface area contributed by atoms with Crippen LogP contribution in [-0.2, 0) is 6.54 Å². The molecule has 2 aromatic heterocycles. The lowest BCUT2D eigenvalue weighted by Crippen LogP contribution is -2.21. The molecule has 0 fully saturated rings. The molecule has 5 heteroatoms. The summed E-state index contributed by atoms with van der Waals surface area (Å²) in [6.45, 7) is 4.76. The molecule has 3 nitrogen and oxygen atoms in total. The Morgan fingerprint density at radius 2 is 2.13 bits per heavy atom. The molecule has 0 spiro atoms. The lowest BCUT2D eigenvalue weighted by molar-refractivity contribution is 0.252. The molecule has 1 atom stereocenters. The van der Waals surface area contributed by atoms with Crippen molar-refractivity contribution in [2.45, 2.75) is 26.4 Å². The van der Waals surface area contributed by atoms with Crippen LogP contribution < -0.4 is 0 Å². The van der Waals surface area contributed by atoms with E-state index in [9.17, 15) is 4.39 Å². The van der Waals surface area contributed by atoms with Crippen molar-refractivity contribution in [3.63, 3.8) is 0 Å². The third-order valence-corrected chi connectivity index (χ3v) is 5.02. The van der Waals surface area contributed by atoms with Gasteiger partial charge in [0.1, 0.15) is 11.6 Å². The van der Waals surface area contributed by atoms with E-state index in [1.165, 1.54) is 17.0 Å². The zero-order valence-electron chi connectivity index (χ0n) is 13.4. The van der Waals surface area contributed by atoms with Crippen molar-refractivity contribution in [2.75, 3.05) is 7.05 Å². The summed E-state index contributed by atoms with van der Waals surface area (Å²) in [5.74, 6) is 0.951. The largest absolute Gasteiger partial charge is 0.441 e. The fourth-order valence-corrected chi connectivity index (χ4v) is 3.29. The van der Waals surface area contributed by atoms with Gasteiger partial charge in [0.25, 0.3) is 0 Å². The maximum Gasteiger partial charge on any atom is 0.226 e. The van der Waals surface area contributed by atoms with E-state index in [1.807, 2.05) is 6.92 Å². The molecule has 0 amide bonds. The number of rotatable bonds is 5. The van der Waals surface area contributed by atoms with E-state index in [0.717, 1.165) is 11.5 Å². The molecule has 0 saturated carbocycles. The van der Waals surface area contributed by atoms with Crippen molar-refractivity contribution in [1.82, 2.24) is 9.88 Å². The molecule has 0 N–H and O–H groups in total. The van der Waals surface area contributed by atoms with E-state index in [-0.39, 0.29) is 5.82 Å². The fourth-order valence-electron chi connectivity index (χ4n) is 2.44. The molecule has 0 aliphatic rings. The summed E-state index contributed by atoms with van der Waals surface area (Å²) in [6.07, 6.45) is 0. The summed E-state index contributed by atoms with van der Waals surface area (Å²) in [7, 11) is 2.07. The molecular weight excluding hydrogens is 311 g/mol. The third kappa shape index (κ3) is 3.51. The molecule has 1 aromatic carbocycles. The zero-order chi connectivity index (χ0) is 16.4. The number of oxazole rings is 1. The average Bonchev–Trinajstić information content (AvgIpc) is 3.17. The average molecular weight is 330 g/mol. The van der Waals surface area contributed by atoms with E-state index in [4.69, 9.17) is 4.42 Å². The number of thiophene rings is 1. The Labute approximate surface area is 139 Å². The number of nitrogens with zero attached hydrogens (tertiary/aromatic N) is 2. The van der Waals surface area contributed by atoms with Gasteiger partial charge in [-0.2, -0.15) is 0 Å². The number of hydrogen-bond donors (Lipinski definition) is 0. The highest BCUT2D eigenvalue weighted by molar-refractivity contribution is 7.10. The Balaban J connectivity index is 1.79. The third-order valence-electron chi connectivity index (χ3n) is 3.98. The molecule has 0 bridgehead atoms. The van der Waals surface area contributed by atoms with E-state index in [0.29, 0.717) is 24.0 Å². The Morgan fingerprint density at radius 1 is 1.30 bits per heavy atom.